The van der Waals surface area contributed by atoms with Gasteiger partial charge in [-0.15, -0.1) is 0 Å². The van der Waals surface area contributed by atoms with E-state index in [0.29, 0.717) is 39.5 Å². The van der Waals surface area contributed by atoms with Crippen LogP contribution in [0.5, 0.6) is 23.0 Å². The number of carboxylic acid groups (broad SMARTS) is 1. The SMILES string of the molecule is CCOC(=O)CN1CC2(Cc3ccc(OCc4c(Cl)cccc4CC)cc3O2)C1.CCc1cccc(Cl)c1COc1ccc2c(c1)OC1(C2)CN(CC(=O)O)C1.[Na+].[OH-]. The van der Waals surface area contributed by atoms with Crippen molar-refractivity contribution in [2.24, 2.45) is 0 Å². The van der Waals surface area contributed by atoms with Gasteiger partial charge < -0.3 is 34.3 Å². The molecule has 0 unspecified atom stereocenters. The van der Waals surface area contributed by atoms with E-state index in [1.54, 1.807) is 0 Å². The first-order valence-electron chi connectivity index (χ1n) is 19.2. The first-order valence-corrected chi connectivity index (χ1v) is 20.0. The monoisotopic (exact) mass is 842 g/mol. The molecule has 2 saturated heterocycles. The minimum absolute atomic E-state index is 0. The molecule has 0 radical (unpaired) electrons. The van der Waals surface area contributed by atoms with Crippen molar-refractivity contribution in [2.75, 3.05) is 45.9 Å². The van der Waals surface area contributed by atoms with Crippen LogP contribution in [0, 0.1) is 0 Å². The quantitative estimate of drug-likeness (QED) is 0.152. The van der Waals surface area contributed by atoms with E-state index in [-0.39, 0.29) is 58.7 Å². The number of aryl methyl sites for hydroxylation is 2. The summed E-state index contributed by atoms with van der Waals surface area (Å²) < 4.78 is 29.5. The number of rotatable bonds is 13. The molecule has 4 aromatic rings. The molecule has 304 valence electrons. The molecule has 4 aliphatic rings. The second-order valence-corrected chi connectivity index (χ2v) is 15.8. The second-order valence-electron chi connectivity index (χ2n) is 15.0. The number of hydrogen-bond donors (Lipinski definition) is 1. The molecule has 11 nitrogen and oxygen atoms in total. The predicted molar refractivity (Wildman–Crippen MR) is 216 cm³/mol. The third kappa shape index (κ3) is 10.4. The van der Waals surface area contributed by atoms with Crippen molar-refractivity contribution >= 4 is 35.1 Å². The van der Waals surface area contributed by atoms with E-state index in [0.717, 1.165) is 88.5 Å². The summed E-state index contributed by atoms with van der Waals surface area (Å²) in [4.78, 5) is 26.4. The molecule has 8 rings (SSSR count). The molecule has 2 fully saturated rings. The number of fused-ring (bicyclic) bond motifs is 2. The van der Waals surface area contributed by atoms with Crippen LogP contribution in [0.4, 0.5) is 0 Å². The number of esters is 1. The number of carbonyl (C=O) groups is 2. The molecule has 0 aliphatic carbocycles. The summed E-state index contributed by atoms with van der Waals surface area (Å²) in [7, 11) is 0. The molecule has 0 amide bonds. The van der Waals surface area contributed by atoms with E-state index in [1.807, 2.05) is 66.4 Å². The van der Waals surface area contributed by atoms with Gasteiger partial charge in [-0.2, -0.15) is 0 Å². The zero-order chi connectivity index (χ0) is 39.5. The van der Waals surface area contributed by atoms with E-state index >= 15 is 0 Å². The van der Waals surface area contributed by atoms with Crippen molar-refractivity contribution in [3.63, 3.8) is 0 Å². The molecule has 4 aliphatic heterocycles. The van der Waals surface area contributed by atoms with Crippen molar-refractivity contribution in [1.29, 1.82) is 0 Å². The smallest absolute Gasteiger partial charge is 0.870 e. The van der Waals surface area contributed by atoms with Crippen molar-refractivity contribution in [3.8, 4) is 23.0 Å². The molecule has 4 heterocycles. The number of hydrogen-bond acceptors (Lipinski definition) is 10. The molecule has 0 saturated carbocycles. The Kier molecular flexibility index (Phi) is 15.5. The molecule has 0 atom stereocenters. The van der Waals surface area contributed by atoms with Gasteiger partial charge in [0, 0.05) is 72.3 Å². The number of halogens is 2. The molecular formula is C44H49Cl2N2NaO9. The van der Waals surface area contributed by atoms with Crippen LogP contribution in [0.15, 0.2) is 72.8 Å². The first kappa shape index (κ1) is 45.6. The summed E-state index contributed by atoms with van der Waals surface area (Å²) >= 11 is 12.7. The summed E-state index contributed by atoms with van der Waals surface area (Å²) in [6.07, 6.45) is 3.48. The Hall–Kier alpha value is -3.52. The fourth-order valence-corrected chi connectivity index (χ4v) is 8.66. The standard InChI is InChI=1S/C23H26ClNO4.C21H22ClNO4.Na.H2O/c1-3-16-6-5-7-20(24)19(16)13-28-18-9-8-17-11-23(29-21(17)10-18)14-25(15-23)12-22(26)27-4-2;1-2-14-4-3-5-18(22)17(14)11-26-16-7-6-15-9-21(27-19(15)8-16)12-23(13-21)10-20(24)25;;/h5-10H,3-4,11-15H2,1-2H3;3-8H,2,9-13H2,1H3,(H,24,25);;1H2/q;;+1;/p-1. The number of carboxylic acids is 1. The van der Waals surface area contributed by atoms with Crippen LogP contribution in [0.2, 0.25) is 10.0 Å². The summed E-state index contributed by atoms with van der Waals surface area (Å²) in [5.41, 5.74) is 6.24. The van der Waals surface area contributed by atoms with Crippen molar-refractivity contribution in [2.45, 2.75) is 70.9 Å². The average molecular weight is 844 g/mol. The normalized spacial score (nSPS) is 16.4. The third-order valence-electron chi connectivity index (χ3n) is 10.8. The summed E-state index contributed by atoms with van der Waals surface area (Å²) in [6.45, 7) is 10.4. The average Bonchev–Trinajstić information content (AvgIpc) is 3.72. The maximum Gasteiger partial charge on any atom is 1.00 e. The number of likely N-dealkylation sites (tertiary alicyclic amines) is 2. The van der Waals surface area contributed by atoms with Gasteiger partial charge >= 0.3 is 41.5 Å². The zero-order valence-electron chi connectivity index (χ0n) is 33.5. The van der Waals surface area contributed by atoms with Crippen molar-refractivity contribution in [3.05, 3.63) is 116 Å². The Bertz CT molecular complexity index is 2090. The van der Waals surface area contributed by atoms with Gasteiger partial charge in [0.15, 0.2) is 0 Å². The Morgan fingerprint density at radius 2 is 1.16 bits per heavy atom. The Labute approximate surface area is 372 Å². The summed E-state index contributed by atoms with van der Waals surface area (Å²) in [5, 5.41) is 10.3. The van der Waals surface area contributed by atoms with E-state index in [2.05, 4.69) is 36.9 Å². The minimum Gasteiger partial charge on any atom is -0.870 e. The van der Waals surface area contributed by atoms with Gasteiger partial charge in [0.2, 0.25) is 0 Å². The Morgan fingerprint density at radius 3 is 1.57 bits per heavy atom. The van der Waals surface area contributed by atoms with Crippen LogP contribution in [-0.4, -0.2) is 89.4 Å². The fourth-order valence-electron chi connectivity index (χ4n) is 8.16. The molecule has 14 heteroatoms. The minimum atomic E-state index is -0.804. The van der Waals surface area contributed by atoms with Gasteiger partial charge in [0.1, 0.15) is 47.4 Å². The van der Waals surface area contributed by atoms with E-state index in [1.165, 1.54) is 16.7 Å². The number of aliphatic carboxylic acids is 1. The van der Waals surface area contributed by atoms with E-state index in [9.17, 15) is 9.59 Å². The van der Waals surface area contributed by atoms with Crippen LogP contribution in [0.1, 0.15) is 54.2 Å². The summed E-state index contributed by atoms with van der Waals surface area (Å²) in [6, 6.07) is 23.8. The van der Waals surface area contributed by atoms with Crippen molar-refractivity contribution < 1.29 is 73.4 Å². The molecule has 0 bridgehead atoms. The molecule has 4 aromatic carbocycles. The maximum atomic E-state index is 11.6. The van der Waals surface area contributed by atoms with E-state index < -0.39 is 5.97 Å². The van der Waals surface area contributed by atoms with Gasteiger partial charge in [0.25, 0.3) is 0 Å². The molecule has 2 N–H and O–H groups in total. The largest absolute Gasteiger partial charge is 1.00 e. The van der Waals surface area contributed by atoms with Gasteiger partial charge in [0.05, 0.1) is 19.7 Å². The Morgan fingerprint density at radius 1 is 0.707 bits per heavy atom. The molecule has 2 spiro atoms. The van der Waals surface area contributed by atoms with E-state index in [4.69, 9.17) is 52.0 Å². The van der Waals surface area contributed by atoms with Crippen LogP contribution >= 0.6 is 23.2 Å². The van der Waals surface area contributed by atoms with Crippen LogP contribution in [0.25, 0.3) is 0 Å². The van der Waals surface area contributed by atoms with Crippen LogP contribution < -0.4 is 48.5 Å². The maximum absolute atomic E-state index is 11.6. The number of benzene rings is 4. The Balaban J connectivity index is 0.000000214. The first-order chi connectivity index (χ1) is 27.0. The van der Waals surface area contributed by atoms with Gasteiger partial charge in [-0.25, -0.2) is 0 Å². The van der Waals surface area contributed by atoms with Crippen LogP contribution in [-0.2, 0) is 53.2 Å². The summed E-state index contributed by atoms with van der Waals surface area (Å²) in [5.74, 6) is 2.23. The third-order valence-corrected chi connectivity index (χ3v) is 11.5. The zero-order valence-corrected chi connectivity index (χ0v) is 37.0. The molecule has 58 heavy (non-hydrogen) atoms. The fraction of sp³-hybridized carbons (Fsp3) is 0.409. The predicted octanol–water partition coefficient (Wildman–Crippen LogP) is 4.42. The van der Waals surface area contributed by atoms with Crippen LogP contribution in [0.3, 0.4) is 0 Å². The van der Waals surface area contributed by atoms with Gasteiger partial charge in [-0.1, -0.05) is 73.4 Å². The number of carbonyl (C=O) groups excluding carboxylic acids is 1. The van der Waals surface area contributed by atoms with Gasteiger partial charge in [-0.05, 0) is 66.3 Å². The molecular weight excluding hydrogens is 794 g/mol. The van der Waals surface area contributed by atoms with Crippen molar-refractivity contribution in [1.82, 2.24) is 9.80 Å². The topological polar surface area (TPSA) is 137 Å². The van der Waals surface area contributed by atoms with Gasteiger partial charge in [-0.3, -0.25) is 19.4 Å². The number of nitrogens with zero attached hydrogens (tertiary/aromatic N) is 2. The number of ether oxygens (including phenoxy) is 5. The second kappa shape index (κ2) is 19.7. The molecule has 0 aromatic heterocycles.